The van der Waals surface area contributed by atoms with E-state index in [1.165, 1.54) is 18.2 Å². The molecule has 1 aromatic heterocycles. The first-order valence-corrected chi connectivity index (χ1v) is 17.1. The standard InChI is InChI=1S/C23H26BrF8NO4SSi/c1-39(2,3)9-8-34-12-35-21(22(27,28)29,23(30,31)32)19-33-11-17(38-19)18(24)13-4-7-15(37-20(25)26)16(10-13)36-14-5-6-14/h4,7,10-11,14,18,20H,5-6,8-9,12H2,1-3H3. The van der Waals surface area contributed by atoms with E-state index in [9.17, 15) is 35.1 Å². The Bertz CT molecular complexity index is 1090. The van der Waals surface area contributed by atoms with Crippen molar-refractivity contribution >= 4 is 35.3 Å². The lowest BCUT2D eigenvalue weighted by Crippen LogP contribution is -2.56. The number of rotatable bonds is 13. The van der Waals surface area contributed by atoms with Gasteiger partial charge < -0.3 is 18.9 Å². The van der Waals surface area contributed by atoms with Gasteiger partial charge in [-0.3, -0.25) is 0 Å². The van der Waals surface area contributed by atoms with E-state index in [1.807, 2.05) is 19.6 Å². The van der Waals surface area contributed by atoms with Crippen molar-refractivity contribution < 1.29 is 54.1 Å². The van der Waals surface area contributed by atoms with Crippen molar-refractivity contribution in [3.63, 3.8) is 0 Å². The van der Waals surface area contributed by atoms with Gasteiger partial charge in [-0.15, -0.1) is 11.3 Å². The van der Waals surface area contributed by atoms with Gasteiger partial charge in [0.2, 0.25) is 0 Å². The number of hydrogen-bond donors (Lipinski definition) is 0. The number of benzene rings is 1. The Morgan fingerprint density at radius 1 is 1.05 bits per heavy atom. The van der Waals surface area contributed by atoms with Crippen LogP contribution in [0.25, 0.3) is 0 Å². The number of aromatic nitrogens is 1. The first kappa shape index (κ1) is 32.0. The molecule has 0 spiro atoms. The van der Waals surface area contributed by atoms with Gasteiger partial charge in [0.25, 0.3) is 0 Å². The molecular formula is C23H26BrF8NO4SSi. The second-order valence-electron chi connectivity index (χ2n) is 9.99. The van der Waals surface area contributed by atoms with E-state index >= 15 is 0 Å². The second kappa shape index (κ2) is 12.2. The molecule has 220 valence electrons. The summed E-state index contributed by atoms with van der Waals surface area (Å²) in [5.74, 6) is -0.274. The molecule has 0 amide bonds. The monoisotopic (exact) mass is 671 g/mol. The normalized spacial score (nSPS) is 16.0. The van der Waals surface area contributed by atoms with E-state index in [2.05, 4.69) is 30.4 Å². The summed E-state index contributed by atoms with van der Waals surface area (Å²) < 4.78 is 130. The van der Waals surface area contributed by atoms with Crippen LogP contribution in [-0.4, -0.2) is 51.5 Å². The Morgan fingerprint density at radius 3 is 2.23 bits per heavy atom. The maximum absolute atomic E-state index is 14.1. The number of thiazole rings is 1. The van der Waals surface area contributed by atoms with Crippen molar-refractivity contribution in [1.29, 1.82) is 0 Å². The first-order valence-electron chi connectivity index (χ1n) is 11.7. The van der Waals surface area contributed by atoms with Crippen molar-refractivity contribution in [2.75, 3.05) is 13.4 Å². The molecule has 1 aliphatic carbocycles. The van der Waals surface area contributed by atoms with Crippen LogP contribution in [0.2, 0.25) is 25.7 Å². The molecule has 3 rings (SSSR count). The van der Waals surface area contributed by atoms with Gasteiger partial charge in [0.1, 0.15) is 11.8 Å². The van der Waals surface area contributed by atoms with Crippen LogP contribution < -0.4 is 9.47 Å². The smallest absolute Gasteiger partial charge is 0.433 e. The van der Waals surface area contributed by atoms with E-state index < -0.39 is 49.3 Å². The van der Waals surface area contributed by atoms with Crippen LogP contribution >= 0.6 is 27.3 Å². The summed E-state index contributed by atoms with van der Waals surface area (Å²) in [6.07, 6.45) is -9.76. The van der Waals surface area contributed by atoms with E-state index in [1.54, 1.807) is 0 Å². The highest BCUT2D eigenvalue weighted by Gasteiger charge is 2.75. The fraction of sp³-hybridized carbons (Fsp3) is 0.609. The molecule has 1 heterocycles. The minimum Gasteiger partial charge on any atom is -0.487 e. The largest absolute Gasteiger partial charge is 0.487 e. The molecule has 0 N–H and O–H groups in total. The van der Waals surface area contributed by atoms with E-state index in [4.69, 9.17) is 9.47 Å². The van der Waals surface area contributed by atoms with Gasteiger partial charge in [-0.1, -0.05) is 41.6 Å². The molecule has 1 atom stereocenters. The Labute approximate surface area is 232 Å². The Morgan fingerprint density at radius 2 is 1.69 bits per heavy atom. The highest BCUT2D eigenvalue weighted by atomic mass is 79.9. The van der Waals surface area contributed by atoms with E-state index in [-0.39, 0.29) is 40.4 Å². The Hall–Kier alpha value is -1.49. The molecule has 5 nitrogen and oxygen atoms in total. The molecule has 1 fully saturated rings. The number of nitrogens with zero attached hydrogens (tertiary/aromatic N) is 1. The third-order valence-corrected chi connectivity index (χ3v) is 9.71. The first-order chi connectivity index (χ1) is 17.9. The summed E-state index contributed by atoms with van der Waals surface area (Å²) >= 11 is 3.41. The van der Waals surface area contributed by atoms with Crippen molar-refractivity contribution in [3.8, 4) is 11.5 Å². The second-order valence-corrected chi connectivity index (χ2v) is 17.6. The van der Waals surface area contributed by atoms with Crippen molar-refractivity contribution in [2.45, 2.75) is 74.0 Å². The van der Waals surface area contributed by atoms with Crippen LogP contribution in [-0.2, 0) is 15.1 Å². The van der Waals surface area contributed by atoms with Gasteiger partial charge in [-0.2, -0.15) is 35.1 Å². The highest BCUT2D eigenvalue weighted by Crippen LogP contribution is 2.54. The van der Waals surface area contributed by atoms with Gasteiger partial charge in [-0.05, 0) is 36.6 Å². The summed E-state index contributed by atoms with van der Waals surface area (Å²) in [6.45, 7) is 1.50. The predicted molar refractivity (Wildman–Crippen MR) is 133 cm³/mol. The van der Waals surface area contributed by atoms with Gasteiger partial charge >= 0.3 is 24.6 Å². The molecule has 16 heteroatoms. The molecule has 39 heavy (non-hydrogen) atoms. The average molecular weight is 673 g/mol. The zero-order valence-corrected chi connectivity index (χ0v) is 24.4. The molecular weight excluding hydrogens is 646 g/mol. The number of alkyl halides is 9. The van der Waals surface area contributed by atoms with Gasteiger partial charge in [0, 0.05) is 25.8 Å². The SMILES string of the molecule is C[Si](C)(C)CCOCOC(c1ncc(C(Br)c2ccc(OC(F)F)c(OC3CC3)c2)s1)(C(F)(F)F)C(F)(F)F. The number of hydrogen-bond acceptors (Lipinski definition) is 6. The topological polar surface area (TPSA) is 49.8 Å². The molecule has 1 unspecified atom stereocenters. The highest BCUT2D eigenvalue weighted by molar-refractivity contribution is 9.09. The Balaban J connectivity index is 1.90. The zero-order valence-electron chi connectivity index (χ0n) is 21.0. The summed E-state index contributed by atoms with van der Waals surface area (Å²) in [6, 6.07) is 4.37. The third-order valence-electron chi connectivity index (χ3n) is 5.52. The van der Waals surface area contributed by atoms with Crippen LogP contribution in [0.1, 0.15) is 33.1 Å². The van der Waals surface area contributed by atoms with Crippen molar-refractivity contribution in [1.82, 2.24) is 4.98 Å². The molecule has 0 radical (unpaired) electrons. The van der Waals surface area contributed by atoms with E-state index in [0.29, 0.717) is 24.4 Å². The number of ether oxygens (including phenoxy) is 4. The van der Waals surface area contributed by atoms with Crippen LogP contribution in [0.5, 0.6) is 11.5 Å². The molecule has 2 aromatic rings. The molecule has 1 saturated carbocycles. The molecule has 0 bridgehead atoms. The lowest BCUT2D eigenvalue weighted by molar-refractivity contribution is -0.401. The lowest BCUT2D eigenvalue weighted by atomic mass is 10.0. The molecule has 0 saturated heterocycles. The minimum atomic E-state index is -5.91. The number of halogens is 9. The summed E-state index contributed by atoms with van der Waals surface area (Å²) in [5.41, 5.74) is -4.41. The lowest BCUT2D eigenvalue weighted by Gasteiger charge is -2.35. The third kappa shape index (κ3) is 8.05. The minimum absolute atomic E-state index is 0.0222. The summed E-state index contributed by atoms with van der Waals surface area (Å²) in [4.78, 5) is 2.50. The molecule has 1 aromatic carbocycles. The fourth-order valence-electron chi connectivity index (χ4n) is 3.26. The molecule has 1 aliphatic rings. The van der Waals surface area contributed by atoms with Crippen LogP contribution in [0.3, 0.4) is 0 Å². The van der Waals surface area contributed by atoms with Crippen LogP contribution in [0.4, 0.5) is 35.1 Å². The fourth-order valence-corrected chi connectivity index (χ4v) is 5.81. The van der Waals surface area contributed by atoms with E-state index in [0.717, 1.165) is 6.20 Å². The van der Waals surface area contributed by atoms with Crippen molar-refractivity contribution in [3.05, 3.63) is 39.8 Å². The van der Waals surface area contributed by atoms with Crippen LogP contribution in [0, 0.1) is 0 Å². The van der Waals surface area contributed by atoms with Crippen molar-refractivity contribution in [2.24, 2.45) is 0 Å². The van der Waals surface area contributed by atoms with Gasteiger partial charge in [0.15, 0.2) is 11.5 Å². The maximum Gasteiger partial charge on any atom is 0.433 e. The zero-order chi connectivity index (χ0) is 29.2. The van der Waals surface area contributed by atoms with Gasteiger partial charge in [-0.25, -0.2) is 4.98 Å². The average Bonchev–Trinajstić information content (AvgIpc) is 3.46. The quantitative estimate of drug-likeness (QED) is 0.0704. The predicted octanol–water partition coefficient (Wildman–Crippen LogP) is 8.42. The maximum atomic E-state index is 14.1. The summed E-state index contributed by atoms with van der Waals surface area (Å²) in [5, 5.41) is -1.37. The van der Waals surface area contributed by atoms with Crippen LogP contribution in [0.15, 0.2) is 24.4 Å². The van der Waals surface area contributed by atoms with Gasteiger partial charge in [0.05, 0.1) is 10.9 Å². The Kier molecular flexibility index (Phi) is 9.99. The molecule has 0 aliphatic heterocycles. The summed E-state index contributed by atoms with van der Waals surface area (Å²) in [7, 11) is -1.65.